The fourth-order valence-corrected chi connectivity index (χ4v) is 1.87. The summed E-state index contributed by atoms with van der Waals surface area (Å²) < 4.78 is 0.724. The fraction of sp³-hybridized carbons (Fsp3) is 0.125. The van der Waals surface area contributed by atoms with Gasteiger partial charge in [0.05, 0.1) is 10.7 Å². The Labute approximate surface area is 89.2 Å². The first kappa shape index (κ1) is 9.80. The highest BCUT2D eigenvalue weighted by atomic mass is 127. The first-order valence-electron chi connectivity index (χ1n) is 3.28. The third kappa shape index (κ3) is 1.72. The molecule has 64 valence electrons. The van der Waals surface area contributed by atoms with Crippen LogP contribution in [0.3, 0.4) is 0 Å². The fourth-order valence-electron chi connectivity index (χ4n) is 0.836. The van der Waals surface area contributed by atoms with Crippen molar-refractivity contribution >= 4 is 45.7 Å². The van der Waals surface area contributed by atoms with Gasteiger partial charge in [-0.25, -0.2) is 0 Å². The molecule has 1 aromatic carbocycles. The van der Waals surface area contributed by atoms with E-state index in [-0.39, 0.29) is 5.78 Å². The summed E-state index contributed by atoms with van der Waals surface area (Å²) in [5.74, 6) is 0.00120. The number of Topliss-reactive ketones (excluding diaryl/α,β-unsaturated/α-hetero) is 1. The highest BCUT2D eigenvalue weighted by molar-refractivity contribution is 14.1. The molecule has 0 fully saturated rings. The molecular weight excluding hydrogens is 288 g/mol. The molecule has 1 aromatic rings. The van der Waals surface area contributed by atoms with Crippen molar-refractivity contribution in [2.45, 2.75) is 6.92 Å². The molecule has 0 aliphatic rings. The Morgan fingerprint density at radius 3 is 2.67 bits per heavy atom. The number of anilines is 1. The summed E-state index contributed by atoms with van der Waals surface area (Å²) in [5, 5.41) is 0.461. The van der Waals surface area contributed by atoms with Crippen LogP contribution in [0.1, 0.15) is 17.3 Å². The summed E-state index contributed by atoms with van der Waals surface area (Å²) in [4.78, 5) is 11.0. The molecule has 0 spiro atoms. The van der Waals surface area contributed by atoms with Crippen LogP contribution in [-0.2, 0) is 0 Å². The summed E-state index contributed by atoms with van der Waals surface area (Å²) in [5.41, 5.74) is 6.67. The standard InChI is InChI=1S/C8H7ClINO/c1-4(12)5-2-3-6(11)7(9)8(5)10/h2-3H,11H2,1H3. The van der Waals surface area contributed by atoms with Crippen LogP contribution < -0.4 is 5.73 Å². The van der Waals surface area contributed by atoms with Gasteiger partial charge in [0.25, 0.3) is 0 Å². The molecule has 0 bridgehead atoms. The number of carbonyl (C=O) groups is 1. The van der Waals surface area contributed by atoms with E-state index in [0.29, 0.717) is 16.3 Å². The quantitative estimate of drug-likeness (QED) is 0.492. The zero-order chi connectivity index (χ0) is 9.30. The molecule has 12 heavy (non-hydrogen) atoms. The molecule has 0 aromatic heterocycles. The lowest BCUT2D eigenvalue weighted by Crippen LogP contribution is -1.98. The van der Waals surface area contributed by atoms with Gasteiger partial charge in [-0.05, 0) is 41.6 Å². The number of hydrogen-bond donors (Lipinski definition) is 1. The molecule has 0 saturated carbocycles. The van der Waals surface area contributed by atoms with Gasteiger partial charge < -0.3 is 5.73 Å². The Hall–Kier alpha value is -0.290. The Morgan fingerprint density at radius 1 is 1.58 bits per heavy atom. The third-order valence-corrected chi connectivity index (χ3v) is 3.34. The monoisotopic (exact) mass is 295 g/mol. The molecule has 0 aliphatic heterocycles. The van der Waals surface area contributed by atoms with E-state index in [1.165, 1.54) is 6.92 Å². The van der Waals surface area contributed by atoms with Crippen molar-refractivity contribution in [1.82, 2.24) is 0 Å². The van der Waals surface area contributed by atoms with Gasteiger partial charge in [0, 0.05) is 9.13 Å². The summed E-state index contributed by atoms with van der Waals surface area (Å²) in [6, 6.07) is 3.33. The van der Waals surface area contributed by atoms with Gasteiger partial charge >= 0.3 is 0 Å². The molecule has 0 heterocycles. The maximum Gasteiger partial charge on any atom is 0.160 e. The van der Waals surface area contributed by atoms with Crippen molar-refractivity contribution in [2.75, 3.05) is 5.73 Å². The predicted molar refractivity (Wildman–Crippen MR) is 58.6 cm³/mol. The van der Waals surface area contributed by atoms with E-state index >= 15 is 0 Å². The minimum atomic E-state index is 0.00120. The van der Waals surface area contributed by atoms with Gasteiger partial charge in [0.1, 0.15) is 0 Å². The molecule has 0 radical (unpaired) electrons. The van der Waals surface area contributed by atoms with Gasteiger partial charge in [-0.3, -0.25) is 4.79 Å². The third-order valence-electron chi connectivity index (χ3n) is 1.49. The van der Waals surface area contributed by atoms with E-state index in [2.05, 4.69) is 0 Å². The molecule has 4 heteroatoms. The van der Waals surface area contributed by atoms with Gasteiger partial charge in [-0.2, -0.15) is 0 Å². The second-order valence-corrected chi connectivity index (χ2v) is 3.84. The largest absolute Gasteiger partial charge is 0.397 e. The SMILES string of the molecule is CC(=O)c1ccc(N)c(Cl)c1I. The highest BCUT2D eigenvalue weighted by Crippen LogP contribution is 2.28. The molecular formula is C8H7ClINO. The van der Waals surface area contributed by atoms with Crippen LogP contribution in [0.15, 0.2) is 12.1 Å². The second-order valence-electron chi connectivity index (χ2n) is 2.39. The van der Waals surface area contributed by atoms with E-state index in [0.717, 1.165) is 3.57 Å². The number of nitrogen functional groups attached to an aromatic ring is 1. The van der Waals surface area contributed by atoms with Crippen molar-refractivity contribution in [2.24, 2.45) is 0 Å². The number of carbonyl (C=O) groups excluding carboxylic acids is 1. The Bertz CT molecular complexity index is 338. The molecule has 2 N–H and O–H groups in total. The minimum absolute atomic E-state index is 0.00120. The highest BCUT2D eigenvalue weighted by Gasteiger charge is 2.09. The number of nitrogens with two attached hydrogens (primary N) is 1. The van der Waals surface area contributed by atoms with E-state index < -0.39 is 0 Å². The zero-order valence-corrected chi connectivity index (χ0v) is 9.31. The maximum atomic E-state index is 11.0. The first-order chi connectivity index (χ1) is 5.54. The Balaban J connectivity index is 3.36. The van der Waals surface area contributed by atoms with Crippen LogP contribution >= 0.6 is 34.2 Å². The van der Waals surface area contributed by atoms with Crippen LogP contribution in [0.25, 0.3) is 0 Å². The van der Waals surface area contributed by atoms with Gasteiger partial charge in [-0.1, -0.05) is 11.6 Å². The first-order valence-corrected chi connectivity index (χ1v) is 4.74. The van der Waals surface area contributed by atoms with Crippen molar-refractivity contribution in [1.29, 1.82) is 0 Å². The molecule has 0 aliphatic carbocycles. The normalized spacial score (nSPS) is 9.92. The number of rotatable bonds is 1. The molecule has 1 rings (SSSR count). The molecule has 2 nitrogen and oxygen atoms in total. The number of hydrogen-bond acceptors (Lipinski definition) is 2. The van der Waals surface area contributed by atoms with Crippen LogP contribution in [0.5, 0.6) is 0 Å². The predicted octanol–water partition coefficient (Wildman–Crippen LogP) is 2.73. The van der Waals surface area contributed by atoms with E-state index in [9.17, 15) is 4.79 Å². The van der Waals surface area contributed by atoms with Crippen LogP contribution in [0, 0.1) is 3.57 Å². The molecule has 0 amide bonds. The van der Waals surface area contributed by atoms with E-state index in [1.54, 1.807) is 12.1 Å². The van der Waals surface area contributed by atoms with Gasteiger partial charge in [0.15, 0.2) is 5.78 Å². The van der Waals surface area contributed by atoms with E-state index in [1.807, 2.05) is 22.6 Å². The molecule has 0 unspecified atom stereocenters. The number of halogens is 2. The average molecular weight is 296 g/mol. The molecule has 0 saturated heterocycles. The Kier molecular flexibility index (Phi) is 2.95. The minimum Gasteiger partial charge on any atom is -0.397 e. The summed E-state index contributed by atoms with van der Waals surface area (Å²) in [7, 11) is 0. The van der Waals surface area contributed by atoms with E-state index in [4.69, 9.17) is 17.3 Å². The number of benzene rings is 1. The summed E-state index contributed by atoms with van der Waals surface area (Å²) in [6.45, 7) is 1.50. The van der Waals surface area contributed by atoms with Gasteiger partial charge in [-0.15, -0.1) is 0 Å². The lowest BCUT2D eigenvalue weighted by Gasteiger charge is -2.04. The summed E-state index contributed by atoms with van der Waals surface area (Å²) in [6.07, 6.45) is 0. The van der Waals surface area contributed by atoms with Crippen molar-refractivity contribution in [3.8, 4) is 0 Å². The van der Waals surface area contributed by atoms with Crippen molar-refractivity contribution < 1.29 is 4.79 Å². The second kappa shape index (κ2) is 3.62. The van der Waals surface area contributed by atoms with Crippen molar-refractivity contribution in [3.05, 3.63) is 26.3 Å². The lowest BCUT2D eigenvalue weighted by molar-refractivity contribution is 0.101. The smallest absolute Gasteiger partial charge is 0.160 e. The van der Waals surface area contributed by atoms with Crippen LogP contribution in [0.4, 0.5) is 5.69 Å². The lowest BCUT2D eigenvalue weighted by atomic mass is 10.1. The zero-order valence-electron chi connectivity index (χ0n) is 6.40. The topological polar surface area (TPSA) is 43.1 Å². The Morgan fingerprint density at radius 2 is 2.17 bits per heavy atom. The molecule has 0 atom stereocenters. The maximum absolute atomic E-state index is 11.0. The average Bonchev–Trinajstić information content (AvgIpc) is 2.00. The van der Waals surface area contributed by atoms with Crippen LogP contribution in [0.2, 0.25) is 5.02 Å². The van der Waals surface area contributed by atoms with Gasteiger partial charge in [0.2, 0.25) is 0 Å². The summed E-state index contributed by atoms with van der Waals surface area (Å²) >= 11 is 7.86. The van der Waals surface area contributed by atoms with Crippen LogP contribution in [-0.4, -0.2) is 5.78 Å². The number of ketones is 1. The van der Waals surface area contributed by atoms with Crippen molar-refractivity contribution in [3.63, 3.8) is 0 Å².